The first-order valence-electron chi connectivity index (χ1n) is 8.42. The van der Waals surface area contributed by atoms with Crippen molar-refractivity contribution in [2.45, 2.75) is 33.1 Å². The molecule has 1 atom stereocenters. The maximum Gasteiger partial charge on any atom is 0.314 e. The van der Waals surface area contributed by atoms with Crippen LogP contribution in [0.3, 0.4) is 0 Å². The van der Waals surface area contributed by atoms with E-state index in [9.17, 15) is 9.59 Å². The number of primary amides is 1. The molecule has 1 aromatic rings. The van der Waals surface area contributed by atoms with E-state index in [1.807, 2.05) is 25.1 Å². The fraction of sp³-hybridized carbons (Fsp3) is 0.471. The summed E-state index contributed by atoms with van der Waals surface area (Å²) in [5, 5.41) is 3.46. The number of hydrogen-bond acceptors (Lipinski definition) is 3. The number of likely N-dealkylation sites (tertiary alicyclic amines) is 1. The highest BCUT2D eigenvalue weighted by Gasteiger charge is 2.27. The molecule has 7 nitrogen and oxygen atoms in total. The van der Waals surface area contributed by atoms with E-state index in [4.69, 9.17) is 18.0 Å². The van der Waals surface area contributed by atoms with Gasteiger partial charge in [-0.1, -0.05) is 25.1 Å². The molecule has 0 radical (unpaired) electrons. The van der Waals surface area contributed by atoms with E-state index >= 15 is 0 Å². The predicted molar refractivity (Wildman–Crippen MR) is 102 cm³/mol. The smallest absolute Gasteiger partial charge is 0.314 e. The number of amides is 3. The lowest BCUT2D eigenvalue weighted by Gasteiger charge is -2.30. The normalized spacial score (nSPS) is 16.9. The third-order valence-electron chi connectivity index (χ3n) is 4.38. The van der Waals surface area contributed by atoms with Crippen LogP contribution < -0.4 is 21.9 Å². The SMILES string of the molecule is CCc1cccc(C)c1NC(=S)NNC(=O)[C@H]1CCCN(C(N)=O)C1. The molecule has 0 aliphatic carbocycles. The molecule has 1 heterocycles. The minimum Gasteiger partial charge on any atom is -0.351 e. The van der Waals surface area contributed by atoms with Crippen LogP contribution in [0, 0.1) is 12.8 Å². The molecule has 1 aliphatic heterocycles. The minimum absolute atomic E-state index is 0.199. The molecule has 8 heteroatoms. The number of aryl methyl sites for hydroxylation is 2. The molecular formula is C17H25N5O2S. The molecule has 1 aromatic carbocycles. The van der Waals surface area contributed by atoms with Crippen LogP contribution in [0.5, 0.6) is 0 Å². The largest absolute Gasteiger partial charge is 0.351 e. The highest BCUT2D eigenvalue weighted by molar-refractivity contribution is 7.80. The molecule has 5 N–H and O–H groups in total. The van der Waals surface area contributed by atoms with Gasteiger partial charge in [-0.05, 0) is 49.5 Å². The molecule has 0 unspecified atom stereocenters. The van der Waals surface area contributed by atoms with Crippen molar-refractivity contribution in [3.8, 4) is 0 Å². The van der Waals surface area contributed by atoms with Gasteiger partial charge >= 0.3 is 6.03 Å². The van der Waals surface area contributed by atoms with Gasteiger partial charge in [0.1, 0.15) is 0 Å². The van der Waals surface area contributed by atoms with Crippen molar-refractivity contribution < 1.29 is 9.59 Å². The summed E-state index contributed by atoms with van der Waals surface area (Å²) >= 11 is 5.27. The summed E-state index contributed by atoms with van der Waals surface area (Å²) in [5.74, 6) is -0.489. The van der Waals surface area contributed by atoms with Gasteiger partial charge in [-0.2, -0.15) is 0 Å². The van der Waals surface area contributed by atoms with Gasteiger partial charge in [-0.3, -0.25) is 15.6 Å². The van der Waals surface area contributed by atoms with Gasteiger partial charge in [-0.15, -0.1) is 0 Å². The van der Waals surface area contributed by atoms with Crippen molar-refractivity contribution >= 4 is 35.0 Å². The maximum atomic E-state index is 12.3. The number of nitrogens with two attached hydrogens (primary N) is 1. The zero-order chi connectivity index (χ0) is 18.4. The first-order chi connectivity index (χ1) is 11.9. The number of hydrazine groups is 1. The van der Waals surface area contributed by atoms with Crippen molar-refractivity contribution in [1.82, 2.24) is 15.8 Å². The monoisotopic (exact) mass is 363 g/mol. The lowest BCUT2D eigenvalue weighted by atomic mass is 9.98. The number of urea groups is 1. The molecule has 0 bridgehead atoms. The minimum atomic E-state index is -0.491. The van der Waals surface area contributed by atoms with Gasteiger partial charge in [0.2, 0.25) is 5.91 Å². The van der Waals surface area contributed by atoms with Crippen molar-refractivity contribution in [3.63, 3.8) is 0 Å². The van der Waals surface area contributed by atoms with Gasteiger partial charge < -0.3 is 16.0 Å². The predicted octanol–water partition coefficient (Wildman–Crippen LogP) is 1.67. The Kier molecular flexibility index (Phi) is 6.58. The standard InChI is InChI=1S/C17H25N5O2S/c1-3-12-7-4-6-11(2)14(12)19-17(25)21-20-15(23)13-8-5-9-22(10-13)16(18)24/h4,6-7,13H,3,5,8-10H2,1-2H3,(H2,18,24)(H,20,23)(H2,19,21,25)/t13-/m0/s1. The van der Waals surface area contributed by atoms with Crippen LogP contribution in [0.2, 0.25) is 0 Å². The average molecular weight is 363 g/mol. The van der Waals surface area contributed by atoms with Crippen molar-refractivity contribution in [2.75, 3.05) is 18.4 Å². The van der Waals surface area contributed by atoms with Crippen LogP contribution in [0.25, 0.3) is 0 Å². The van der Waals surface area contributed by atoms with Crippen LogP contribution in [0.15, 0.2) is 18.2 Å². The molecule has 3 amide bonds. The van der Waals surface area contributed by atoms with Gasteiger partial charge in [-0.25, -0.2) is 4.79 Å². The molecule has 2 rings (SSSR count). The Morgan fingerprint density at radius 2 is 2.12 bits per heavy atom. The zero-order valence-electron chi connectivity index (χ0n) is 14.6. The Hall–Kier alpha value is -2.35. The first-order valence-corrected chi connectivity index (χ1v) is 8.83. The summed E-state index contributed by atoms with van der Waals surface area (Å²) in [5.41, 5.74) is 13.8. The molecular weight excluding hydrogens is 338 g/mol. The lowest BCUT2D eigenvalue weighted by molar-refractivity contribution is -0.126. The third kappa shape index (κ3) is 5.06. The number of piperidine rings is 1. The Morgan fingerprint density at radius 1 is 1.36 bits per heavy atom. The van der Waals surface area contributed by atoms with E-state index in [1.165, 1.54) is 4.90 Å². The second-order valence-electron chi connectivity index (χ2n) is 6.15. The highest BCUT2D eigenvalue weighted by atomic mass is 32.1. The Morgan fingerprint density at radius 3 is 2.80 bits per heavy atom. The summed E-state index contributed by atoms with van der Waals surface area (Å²) in [6.07, 6.45) is 2.35. The quantitative estimate of drug-likeness (QED) is 0.484. The van der Waals surface area contributed by atoms with Crippen LogP contribution in [-0.2, 0) is 11.2 Å². The molecule has 136 valence electrons. The summed E-state index contributed by atoms with van der Waals surface area (Å²) < 4.78 is 0. The van der Waals surface area contributed by atoms with Crippen molar-refractivity contribution in [3.05, 3.63) is 29.3 Å². The van der Waals surface area contributed by atoms with E-state index in [0.717, 1.165) is 36.1 Å². The Bertz CT molecular complexity index is 664. The number of anilines is 1. The van der Waals surface area contributed by atoms with E-state index < -0.39 is 6.03 Å². The van der Waals surface area contributed by atoms with Gasteiger partial charge in [0, 0.05) is 18.8 Å². The number of rotatable bonds is 3. The second-order valence-corrected chi connectivity index (χ2v) is 6.56. The molecule has 0 spiro atoms. The number of carbonyl (C=O) groups excluding carboxylic acids is 2. The van der Waals surface area contributed by atoms with E-state index in [0.29, 0.717) is 18.2 Å². The van der Waals surface area contributed by atoms with Crippen LogP contribution in [0.4, 0.5) is 10.5 Å². The van der Waals surface area contributed by atoms with Gasteiger partial charge in [0.05, 0.1) is 5.92 Å². The number of thiocarbonyl (C=S) groups is 1. The Balaban J connectivity index is 1.88. The van der Waals surface area contributed by atoms with Crippen LogP contribution >= 0.6 is 12.2 Å². The average Bonchev–Trinajstić information content (AvgIpc) is 2.61. The Labute approximate surface area is 153 Å². The summed E-state index contributed by atoms with van der Waals surface area (Å²) in [6.45, 7) is 5.01. The molecule has 1 fully saturated rings. The number of nitrogens with one attached hydrogen (secondary N) is 3. The molecule has 0 saturated carbocycles. The van der Waals surface area contributed by atoms with E-state index in [2.05, 4.69) is 23.1 Å². The van der Waals surface area contributed by atoms with Crippen LogP contribution in [0.1, 0.15) is 30.9 Å². The topological polar surface area (TPSA) is 99.5 Å². The van der Waals surface area contributed by atoms with Crippen molar-refractivity contribution in [1.29, 1.82) is 0 Å². The fourth-order valence-electron chi connectivity index (χ4n) is 2.96. The number of benzene rings is 1. The lowest BCUT2D eigenvalue weighted by Crippen LogP contribution is -2.51. The summed E-state index contributed by atoms with van der Waals surface area (Å²) in [7, 11) is 0. The second kappa shape index (κ2) is 8.66. The molecule has 1 aliphatic rings. The number of carbonyl (C=O) groups is 2. The number of para-hydroxylation sites is 1. The molecule has 25 heavy (non-hydrogen) atoms. The van der Waals surface area contributed by atoms with Gasteiger partial charge in [0.15, 0.2) is 5.11 Å². The first kappa shape index (κ1) is 19.0. The third-order valence-corrected chi connectivity index (χ3v) is 4.59. The fourth-order valence-corrected chi connectivity index (χ4v) is 3.11. The van der Waals surface area contributed by atoms with E-state index in [1.54, 1.807) is 0 Å². The highest BCUT2D eigenvalue weighted by Crippen LogP contribution is 2.21. The van der Waals surface area contributed by atoms with Crippen molar-refractivity contribution in [2.24, 2.45) is 11.7 Å². The van der Waals surface area contributed by atoms with Crippen LogP contribution in [-0.4, -0.2) is 35.0 Å². The summed E-state index contributed by atoms with van der Waals surface area (Å²) in [6, 6.07) is 5.56. The van der Waals surface area contributed by atoms with E-state index in [-0.39, 0.29) is 11.8 Å². The molecule has 1 saturated heterocycles. The molecule has 0 aromatic heterocycles. The summed E-state index contributed by atoms with van der Waals surface area (Å²) in [4.78, 5) is 25.0. The van der Waals surface area contributed by atoms with Gasteiger partial charge in [0.25, 0.3) is 0 Å². The maximum absolute atomic E-state index is 12.3. The zero-order valence-corrected chi connectivity index (χ0v) is 15.4. The number of hydrogen-bond donors (Lipinski definition) is 4. The number of nitrogens with zero attached hydrogens (tertiary/aromatic N) is 1.